The number of piperidine rings is 1. The highest BCUT2D eigenvalue weighted by Gasteiger charge is 2.33. The number of hydrogen-bond acceptors (Lipinski definition) is 4. The molecule has 0 aliphatic carbocycles. The van der Waals surface area contributed by atoms with Gasteiger partial charge in [-0.15, -0.1) is 0 Å². The molecule has 2 aromatic carbocycles. The van der Waals surface area contributed by atoms with Crippen LogP contribution in [0.15, 0.2) is 52.4 Å². The number of hydrogen-bond donors (Lipinski definition) is 0. The van der Waals surface area contributed by atoms with Gasteiger partial charge in [-0.2, -0.15) is 9.30 Å². The minimum atomic E-state index is -3.68. The highest BCUT2D eigenvalue weighted by atomic mass is 35.5. The molecule has 1 fully saturated rings. The molecule has 6 nitrogen and oxygen atoms in total. The van der Waals surface area contributed by atoms with Crippen molar-refractivity contribution in [2.45, 2.75) is 44.6 Å². The molecule has 0 bridgehead atoms. The number of carbonyl (C=O) groups is 1. The van der Waals surface area contributed by atoms with E-state index in [0.717, 1.165) is 16.6 Å². The van der Waals surface area contributed by atoms with Crippen LogP contribution < -0.4 is 4.80 Å². The third-order valence-electron chi connectivity index (χ3n) is 5.87. The van der Waals surface area contributed by atoms with E-state index in [1.54, 1.807) is 12.1 Å². The standard InChI is InChI=1S/C23H26ClN3O3S2/c1-3-16-7-5-9-20-21(16)27(4-2)23(31-20)25-22(28)17-8-6-14-26(15-17)32(29,30)19-12-10-18(24)11-13-19/h5,7,9-13,17H,3-4,6,8,14-15H2,1-2H3. The average molecular weight is 492 g/mol. The molecule has 4 rings (SSSR count). The zero-order valence-corrected chi connectivity index (χ0v) is 20.5. The fourth-order valence-electron chi connectivity index (χ4n) is 4.17. The van der Waals surface area contributed by atoms with Crippen LogP contribution in [0, 0.1) is 5.92 Å². The van der Waals surface area contributed by atoms with E-state index in [4.69, 9.17) is 11.6 Å². The summed E-state index contributed by atoms with van der Waals surface area (Å²) in [6, 6.07) is 12.3. The number of carbonyl (C=O) groups excluding carboxylic acids is 1. The SMILES string of the molecule is CCc1cccc2sc(=NC(=O)C3CCCN(S(=O)(=O)c4ccc(Cl)cc4)C3)n(CC)c12. The molecule has 1 atom stereocenters. The molecule has 0 radical (unpaired) electrons. The number of nitrogens with zero attached hydrogens (tertiary/aromatic N) is 3. The predicted octanol–water partition coefficient (Wildman–Crippen LogP) is 4.47. The molecule has 9 heteroatoms. The molecule has 0 N–H and O–H groups in total. The van der Waals surface area contributed by atoms with Gasteiger partial charge in [-0.25, -0.2) is 8.42 Å². The molecule has 32 heavy (non-hydrogen) atoms. The van der Waals surface area contributed by atoms with Crippen molar-refractivity contribution in [2.24, 2.45) is 10.9 Å². The fraction of sp³-hybridized carbons (Fsp3) is 0.391. The molecular formula is C23H26ClN3O3S2. The molecule has 0 spiro atoms. The third kappa shape index (κ3) is 4.41. The van der Waals surface area contributed by atoms with Gasteiger partial charge in [0, 0.05) is 24.7 Å². The van der Waals surface area contributed by atoms with E-state index in [9.17, 15) is 13.2 Å². The van der Waals surface area contributed by atoms with Gasteiger partial charge in [0.15, 0.2) is 4.80 Å². The van der Waals surface area contributed by atoms with Crippen LogP contribution in [0.5, 0.6) is 0 Å². The van der Waals surface area contributed by atoms with Crippen LogP contribution in [0.25, 0.3) is 10.2 Å². The molecule has 3 aromatic rings. The molecule has 1 unspecified atom stereocenters. The molecule has 0 saturated carbocycles. The Hall–Kier alpha value is -2.00. The van der Waals surface area contributed by atoms with E-state index < -0.39 is 15.9 Å². The van der Waals surface area contributed by atoms with Crippen molar-refractivity contribution in [2.75, 3.05) is 13.1 Å². The minimum absolute atomic E-state index is 0.143. The lowest BCUT2D eigenvalue weighted by Crippen LogP contribution is -2.42. The Labute approximate surface area is 197 Å². The summed E-state index contributed by atoms with van der Waals surface area (Å²) in [5, 5.41) is 0.480. The van der Waals surface area contributed by atoms with Crippen molar-refractivity contribution in [1.82, 2.24) is 8.87 Å². The van der Waals surface area contributed by atoms with Crippen LogP contribution in [0.2, 0.25) is 5.02 Å². The van der Waals surface area contributed by atoms with Gasteiger partial charge >= 0.3 is 0 Å². The van der Waals surface area contributed by atoms with E-state index in [0.29, 0.717) is 35.8 Å². The van der Waals surface area contributed by atoms with Crippen molar-refractivity contribution in [3.8, 4) is 0 Å². The van der Waals surface area contributed by atoms with Gasteiger partial charge in [-0.3, -0.25) is 4.79 Å². The van der Waals surface area contributed by atoms with E-state index >= 15 is 0 Å². The number of thiazole rings is 1. The molecule has 1 saturated heterocycles. The first-order valence-corrected chi connectivity index (χ1v) is 13.4. The highest BCUT2D eigenvalue weighted by molar-refractivity contribution is 7.89. The Kier molecular flexibility index (Phi) is 6.86. The largest absolute Gasteiger partial charge is 0.316 e. The van der Waals surface area contributed by atoms with Gasteiger partial charge in [-0.1, -0.05) is 42.0 Å². The summed E-state index contributed by atoms with van der Waals surface area (Å²) in [7, 11) is -3.68. The number of aryl methyl sites for hydroxylation is 2. The smallest absolute Gasteiger partial charge is 0.252 e. The summed E-state index contributed by atoms with van der Waals surface area (Å²) in [5.74, 6) is -0.709. The van der Waals surface area contributed by atoms with Gasteiger partial charge in [0.05, 0.1) is 21.0 Å². The minimum Gasteiger partial charge on any atom is -0.316 e. The number of amides is 1. The van der Waals surface area contributed by atoms with Gasteiger partial charge in [0.1, 0.15) is 0 Å². The Bertz CT molecular complexity index is 1310. The summed E-state index contributed by atoms with van der Waals surface area (Å²) in [5.41, 5.74) is 2.36. The second-order valence-electron chi connectivity index (χ2n) is 7.85. The first kappa shape index (κ1) is 23.2. The third-order valence-corrected chi connectivity index (χ3v) is 9.05. The van der Waals surface area contributed by atoms with Crippen LogP contribution in [-0.2, 0) is 27.8 Å². The summed E-state index contributed by atoms with van der Waals surface area (Å²) >= 11 is 7.40. The maximum Gasteiger partial charge on any atom is 0.252 e. The summed E-state index contributed by atoms with van der Waals surface area (Å²) in [6.07, 6.45) is 2.16. The number of aromatic nitrogens is 1. The second-order valence-corrected chi connectivity index (χ2v) is 11.2. The fourth-order valence-corrected chi connectivity index (χ4v) is 6.97. The number of rotatable bonds is 5. The summed E-state index contributed by atoms with van der Waals surface area (Å²) in [4.78, 5) is 18.4. The Balaban J connectivity index is 1.63. The molecule has 1 amide bonds. The number of para-hydroxylation sites is 1. The Morgan fingerprint density at radius 1 is 1.19 bits per heavy atom. The lowest BCUT2D eigenvalue weighted by atomic mass is 9.99. The average Bonchev–Trinajstić information content (AvgIpc) is 3.16. The molecule has 170 valence electrons. The number of fused-ring (bicyclic) bond motifs is 1. The molecule has 1 aromatic heterocycles. The van der Waals surface area contributed by atoms with Crippen LogP contribution in [-0.4, -0.2) is 36.3 Å². The maximum atomic E-state index is 13.1. The van der Waals surface area contributed by atoms with Crippen molar-refractivity contribution >= 4 is 49.1 Å². The van der Waals surface area contributed by atoms with E-state index in [1.807, 2.05) is 13.0 Å². The monoisotopic (exact) mass is 491 g/mol. The number of sulfonamides is 1. The number of benzene rings is 2. The molecule has 2 heterocycles. The first-order valence-electron chi connectivity index (χ1n) is 10.8. The van der Waals surface area contributed by atoms with Crippen LogP contribution in [0.1, 0.15) is 32.3 Å². The lowest BCUT2D eigenvalue weighted by Gasteiger charge is -2.30. The van der Waals surface area contributed by atoms with E-state index in [-0.39, 0.29) is 17.3 Å². The topological polar surface area (TPSA) is 71.7 Å². The van der Waals surface area contributed by atoms with E-state index in [1.165, 1.54) is 33.3 Å². The van der Waals surface area contributed by atoms with Gasteiger partial charge in [-0.05, 0) is 62.1 Å². The Morgan fingerprint density at radius 2 is 1.94 bits per heavy atom. The van der Waals surface area contributed by atoms with Crippen LogP contribution in [0.4, 0.5) is 0 Å². The first-order chi connectivity index (χ1) is 15.3. The summed E-state index contributed by atoms with van der Waals surface area (Å²) in [6.45, 7) is 5.41. The second kappa shape index (κ2) is 9.47. The zero-order chi connectivity index (χ0) is 22.9. The molecular weight excluding hydrogens is 466 g/mol. The lowest BCUT2D eigenvalue weighted by molar-refractivity contribution is -0.122. The van der Waals surface area contributed by atoms with Crippen LogP contribution in [0.3, 0.4) is 0 Å². The van der Waals surface area contributed by atoms with E-state index in [2.05, 4.69) is 28.6 Å². The zero-order valence-electron chi connectivity index (χ0n) is 18.1. The predicted molar refractivity (Wildman–Crippen MR) is 128 cm³/mol. The quantitative estimate of drug-likeness (QED) is 0.528. The maximum absolute atomic E-state index is 13.1. The Morgan fingerprint density at radius 3 is 2.62 bits per heavy atom. The molecule has 1 aliphatic rings. The van der Waals surface area contributed by atoms with Crippen molar-refractivity contribution in [3.05, 3.63) is 57.9 Å². The van der Waals surface area contributed by atoms with Crippen molar-refractivity contribution in [3.63, 3.8) is 0 Å². The van der Waals surface area contributed by atoms with Gasteiger partial charge in [0.25, 0.3) is 5.91 Å². The normalized spacial score (nSPS) is 18.3. The highest BCUT2D eigenvalue weighted by Crippen LogP contribution is 2.26. The van der Waals surface area contributed by atoms with Gasteiger partial charge < -0.3 is 4.57 Å². The van der Waals surface area contributed by atoms with Crippen LogP contribution >= 0.6 is 22.9 Å². The van der Waals surface area contributed by atoms with Crippen molar-refractivity contribution < 1.29 is 13.2 Å². The van der Waals surface area contributed by atoms with Crippen molar-refractivity contribution in [1.29, 1.82) is 0 Å². The summed E-state index contributed by atoms with van der Waals surface area (Å²) < 4.78 is 30.7. The molecule has 1 aliphatic heterocycles. The van der Waals surface area contributed by atoms with Gasteiger partial charge in [0.2, 0.25) is 10.0 Å². The number of halogens is 1.